The normalized spacial score (nSPS) is 15.9. The first-order valence-electron chi connectivity index (χ1n) is 3.76. The van der Waals surface area contributed by atoms with Crippen molar-refractivity contribution in [3.05, 3.63) is 0 Å². The third kappa shape index (κ3) is 4.27. The van der Waals surface area contributed by atoms with Crippen LogP contribution >= 0.6 is 12.6 Å². The van der Waals surface area contributed by atoms with E-state index in [1.165, 1.54) is 0 Å². The van der Waals surface area contributed by atoms with Crippen molar-refractivity contribution in [2.75, 3.05) is 0 Å². The van der Waals surface area contributed by atoms with Crippen LogP contribution in [0.15, 0.2) is 0 Å². The van der Waals surface area contributed by atoms with Gasteiger partial charge in [-0.2, -0.15) is 12.6 Å². The lowest BCUT2D eigenvalue weighted by Gasteiger charge is -2.13. The number of rotatable bonds is 5. The van der Waals surface area contributed by atoms with E-state index >= 15 is 0 Å². The van der Waals surface area contributed by atoms with Crippen LogP contribution in [0.3, 0.4) is 0 Å². The second-order valence-electron chi connectivity index (χ2n) is 2.57. The number of carboxylic acid groups (broad SMARTS) is 1. The van der Waals surface area contributed by atoms with Gasteiger partial charge in [0.05, 0.1) is 0 Å². The number of nitrogens with two attached hydrogens (primary N) is 1. The van der Waals surface area contributed by atoms with Gasteiger partial charge in [0.1, 0.15) is 6.04 Å². The number of hydrogen-bond acceptors (Lipinski definition) is 3. The maximum Gasteiger partial charge on any atom is 0.321 e. The monoisotopic (exact) mass is 177 g/mol. The number of carbonyl (C=O) groups is 1. The van der Waals surface area contributed by atoms with Gasteiger partial charge in [-0.15, -0.1) is 0 Å². The Bertz CT molecular complexity index is 130. The highest BCUT2D eigenvalue weighted by Crippen LogP contribution is 2.09. The molecule has 0 aromatic rings. The van der Waals surface area contributed by atoms with Gasteiger partial charge in [-0.05, 0) is 6.42 Å². The fourth-order valence-electron chi connectivity index (χ4n) is 0.757. The van der Waals surface area contributed by atoms with Crippen LogP contribution < -0.4 is 5.73 Å². The van der Waals surface area contributed by atoms with Crippen molar-refractivity contribution in [3.8, 4) is 0 Å². The van der Waals surface area contributed by atoms with E-state index in [0.29, 0.717) is 0 Å². The minimum Gasteiger partial charge on any atom is -0.480 e. The Morgan fingerprint density at radius 1 is 1.73 bits per heavy atom. The van der Waals surface area contributed by atoms with Crippen molar-refractivity contribution in [1.82, 2.24) is 0 Å². The van der Waals surface area contributed by atoms with E-state index in [-0.39, 0.29) is 5.25 Å². The molecule has 0 aliphatic rings. The minimum atomic E-state index is -0.971. The Morgan fingerprint density at radius 2 is 2.27 bits per heavy atom. The molecular formula is C7H15NO2S. The molecule has 66 valence electrons. The summed E-state index contributed by atoms with van der Waals surface area (Å²) in [6.07, 6.45) is 2.80. The van der Waals surface area contributed by atoms with Crippen LogP contribution in [0, 0.1) is 0 Å². The largest absolute Gasteiger partial charge is 0.480 e. The van der Waals surface area contributed by atoms with Crippen LogP contribution in [-0.4, -0.2) is 22.4 Å². The number of unbranched alkanes of at least 4 members (excludes halogenated alkanes) is 1. The van der Waals surface area contributed by atoms with Crippen molar-refractivity contribution in [1.29, 1.82) is 0 Å². The smallest absolute Gasteiger partial charge is 0.321 e. The van der Waals surface area contributed by atoms with Crippen LogP contribution in [0.25, 0.3) is 0 Å². The fraction of sp³-hybridized carbons (Fsp3) is 0.857. The lowest BCUT2D eigenvalue weighted by atomic mass is 10.1. The van der Waals surface area contributed by atoms with Gasteiger partial charge < -0.3 is 10.8 Å². The number of thiol groups is 1. The van der Waals surface area contributed by atoms with Crippen LogP contribution in [0.5, 0.6) is 0 Å². The molecule has 0 bridgehead atoms. The van der Waals surface area contributed by atoms with E-state index in [1.807, 2.05) is 6.92 Å². The van der Waals surface area contributed by atoms with E-state index in [9.17, 15) is 4.79 Å². The predicted octanol–water partition coefficient (Wildman–Crippen LogP) is 0.887. The summed E-state index contributed by atoms with van der Waals surface area (Å²) in [4.78, 5) is 10.3. The fourth-order valence-corrected chi connectivity index (χ4v) is 1.07. The second-order valence-corrected chi connectivity index (χ2v) is 3.24. The molecule has 0 spiro atoms. The highest BCUT2D eigenvalue weighted by atomic mass is 32.1. The Balaban J connectivity index is 3.63. The molecular weight excluding hydrogens is 162 g/mol. The van der Waals surface area contributed by atoms with E-state index in [2.05, 4.69) is 12.6 Å². The molecule has 0 aliphatic carbocycles. The highest BCUT2D eigenvalue weighted by molar-refractivity contribution is 7.81. The van der Waals surface area contributed by atoms with Crippen LogP contribution in [0.1, 0.15) is 26.2 Å². The summed E-state index contributed by atoms with van der Waals surface area (Å²) in [5.41, 5.74) is 5.32. The quantitative estimate of drug-likeness (QED) is 0.546. The Hall–Kier alpha value is -0.220. The molecule has 11 heavy (non-hydrogen) atoms. The third-order valence-corrected chi connectivity index (χ3v) is 2.13. The zero-order valence-electron chi connectivity index (χ0n) is 6.66. The van der Waals surface area contributed by atoms with Gasteiger partial charge in [0.2, 0.25) is 0 Å². The molecule has 0 saturated heterocycles. The first-order chi connectivity index (χ1) is 5.09. The lowest BCUT2D eigenvalue weighted by Crippen LogP contribution is -2.38. The third-order valence-electron chi connectivity index (χ3n) is 1.55. The van der Waals surface area contributed by atoms with Crippen molar-refractivity contribution >= 4 is 18.6 Å². The summed E-state index contributed by atoms with van der Waals surface area (Å²) < 4.78 is 0. The molecule has 0 fully saturated rings. The van der Waals surface area contributed by atoms with Gasteiger partial charge in [0, 0.05) is 5.25 Å². The summed E-state index contributed by atoms with van der Waals surface area (Å²) in [6, 6.07) is -0.829. The summed E-state index contributed by atoms with van der Waals surface area (Å²) >= 11 is 4.09. The lowest BCUT2D eigenvalue weighted by molar-refractivity contribution is -0.138. The second kappa shape index (κ2) is 5.43. The number of hydrogen-bond donors (Lipinski definition) is 3. The molecule has 0 aromatic carbocycles. The predicted molar refractivity (Wildman–Crippen MR) is 47.9 cm³/mol. The molecule has 3 nitrogen and oxygen atoms in total. The topological polar surface area (TPSA) is 63.3 Å². The molecule has 0 heterocycles. The molecule has 0 amide bonds. The van der Waals surface area contributed by atoms with E-state index < -0.39 is 12.0 Å². The van der Waals surface area contributed by atoms with E-state index in [4.69, 9.17) is 10.8 Å². The average Bonchev–Trinajstić information content (AvgIpc) is 1.98. The van der Waals surface area contributed by atoms with Gasteiger partial charge in [0.15, 0.2) is 0 Å². The molecule has 4 heteroatoms. The minimum absolute atomic E-state index is 0.215. The molecule has 0 rings (SSSR count). The van der Waals surface area contributed by atoms with E-state index in [1.54, 1.807) is 0 Å². The SMILES string of the molecule is CCCCC(S)C(N)C(=O)O. The van der Waals surface area contributed by atoms with Crippen LogP contribution in [0.2, 0.25) is 0 Å². The van der Waals surface area contributed by atoms with Crippen LogP contribution in [-0.2, 0) is 4.79 Å². The maximum atomic E-state index is 10.3. The summed E-state index contributed by atoms with van der Waals surface area (Å²) in [6.45, 7) is 2.05. The first kappa shape index (κ1) is 10.8. The Labute approximate surface area is 72.4 Å². The number of aliphatic carboxylic acids is 1. The van der Waals surface area contributed by atoms with Gasteiger partial charge >= 0.3 is 5.97 Å². The van der Waals surface area contributed by atoms with Crippen LogP contribution in [0.4, 0.5) is 0 Å². The summed E-state index contributed by atoms with van der Waals surface area (Å²) in [7, 11) is 0. The number of carboxylic acids is 1. The van der Waals surface area contributed by atoms with Gasteiger partial charge in [-0.3, -0.25) is 4.79 Å². The summed E-state index contributed by atoms with van der Waals surface area (Å²) in [5, 5.41) is 8.26. The maximum absolute atomic E-state index is 10.3. The Kier molecular flexibility index (Phi) is 5.32. The molecule has 0 radical (unpaired) electrons. The average molecular weight is 177 g/mol. The molecule has 2 unspecified atom stereocenters. The van der Waals surface area contributed by atoms with Crippen molar-refractivity contribution in [2.45, 2.75) is 37.5 Å². The molecule has 0 saturated carbocycles. The Morgan fingerprint density at radius 3 is 2.64 bits per heavy atom. The highest BCUT2D eigenvalue weighted by Gasteiger charge is 2.19. The molecule has 2 atom stereocenters. The zero-order chi connectivity index (χ0) is 8.85. The van der Waals surface area contributed by atoms with Gasteiger partial charge in [-0.1, -0.05) is 19.8 Å². The standard InChI is InChI=1S/C7H15NO2S/c1-2-3-4-5(11)6(8)7(9)10/h5-6,11H,2-4,8H2,1H3,(H,9,10). The van der Waals surface area contributed by atoms with Gasteiger partial charge in [-0.25, -0.2) is 0 Å². The van der Waals surface area contributed by atoms with Crippen molar-refractivity contribution < 1.29 is 9.90 Å². The molecule has 3 N–H and O–H groups in total. The summed E-state index contributed by atoms with van der Waals surface area (Å²) in [5.74, 6) is -0.971. The van der Waals surface area contributed by atoms with Crippen molar-refractivity contribution in [3.63, 3.8) is 0 Å². The van der Waals surface area contributed by atoms with E-state index in [0.717, 1.165) is 19.3 Å². The first-order valence-corrected chi connectivity index (χ1v) is 4.27. The molecule has 0 aliphatic heterocycles. The van der Waals surface area contributed by atoms with Gasteiger partial charge in [0.25, 0.3) is 0 Å². The van der Waals surface area contributed by atoms with Crippen molar-refractivity contribution in [2.24, 2.45) is 5.73 Å². The molecule has 0 aromatic heterocycles. The zero-order valence-corrected chi connectivity index (χ0v) is 7.55.